The van der Waals surface area contributed by atoms with E-state index in [4.69, 9.17) is 4.74 Å². The van der Waals surface area contributed by atoms with Gasteiger partial charge in [-0.2, -0.15) is 0 Å². The molecule has 1 amide bonds. The lowest BCUT2D eigenvalue weighted by atomic mass is 10.2. The molecule has 104 valence electrons. The number of benzene rings is 1. The second kappa shape index (κ2) is 6.52. The van der Waals surface area contributed by atoms with Gasteiger partial charge in [-0.3, -0.25) is 4.79 Å². The Bertz CT molecular complexity index is 445. The van der Waals surface area contributed by atoms with Crippen LogP contribution in [0.5, 0.6) is 5.75 Å². The summed E-state index contributed by atoms with van der Waals surface area (Å²) in [5, 5.41) is 3.20. The maximum atomic E-state index is 12.9. The van der Waals surface area contributed by atoms with Crippen molar-refractivity contribution in [3.63, 3.8) is 0 Å². The first-order valence-electron chi connectivity index (χ1n) is 6.54. The highest BCUT2D eigenvalue weighted by molar-refractivity contribution is 5.76. The molecule has 0 unspecified atom stereocenters. The largest absolute Gasteiger partial charge is 0.493 e. The lowest BCUT2D eigenvalue weighted by Gasteiger charge is -2.27. The Hall–Kier alpha value is -1.62. The van der Waals surface area contributed by atoms with Crippen LogP contribution in [0.2, 0.25) is 0 Å². The molecule has 0 atom stereocenters. The smallest absolute Gasteiger partial charge is 0.226 e. The topological polar surface area (TPSA) is 41.6 Å². The van der Waals surface area contributed by atoms with Crippen molar-refractivity contribution in [3.8, 4) is 5.75 Å². The fourth-order valence-electron chi connectivity index (χ4n) is 2.10. The molecule has 1 aliphatic heterocycles. The van der Waals surface area contributed by atoms with E-state index in [1.807, 2.05) is 4.90 Å². The lowest BCUT2D eigenvalue weighted by Crippen LogP contribution is -2.46. The molecule has 0 saturated carbocycles. The molecule has 0 radical (unpaired) electrons. The maximum Gasteiger partial charge on any atom is 0.226 e. The highest BCUT2D eigenvalue weighted by atomic mass is 19.1. The van der Waals surface area contributed by atoms with E-state index in [0.717, 1.165) is 31.7 Å². The summed E-state index contributed by atoms with van der Waals surface area (Å²) in [5.41, 5.74) is 0.745. The van der Waals surface area contributed by atoms with Gasteiger partial charge in [0.1, 0.15) is 11.6 Å². The fraction of sp³-hybridized carbons (Fsp3) is 0.500. The molecule has 0 aromatic heterocycles. The Balaban J connectivity index is 1.78. The van der Waals surface area contributed by atoms with Gasteiger partial charge in [-0.25, -0.2) is 4.39 Å². The Morgan fingerprint density at radius 3 is 2.84 bits per heavy atom. The highest BCUT2D eigenvalue weighted by Crippen LogP contribution is 2.18. The molecular formula is C14H19FN2O2. The number of piperazine rings is 1. The SMILES string of the molecule is Cc1cc(F)ccc1OCCC(=O)N1CCNCC1. The van der Waals surface area contributed by atoms with Crippen LogP contribution in [0, 0.1) is 12.7 Å². The first-order chi connectivity index (χ1) is 9.16. The van der Waals surface area contributed by atoms with E-state index in [0.29, 0.717) is 18.8 Å². The fourth-order valence-corrected chi connectivity index (χ4v) is 2.10. The predicted octanol–water partition coefficient (Wildman–Crippen LogP) is 1.33. The minimum absolute atomic E-state index is 0.112. The van der Waals surface area contributed by atoms with E-state index in [1.54, 1.807) is 13.0 Å². The zero-order chi connectivity index (χ0) is 13.7. The van der Waals surface area contributed by atoms with Crippen LogP contribution in [0.1, 0.15) is 12.0 Å². The summed E-state index contributed by atoms with van der Waals surface area (Å²) in [6.07, 6.45) is 0.358. The van der Waals surface area contributed by atoms with Crippen molar-refractivity contribution >= 4 is 5.91 Å². The molecule has 1 heterocycles. The van der Waals surface area contributed by atoms with Crippen molar-refractivity contribution in [3.05, 3.63) is 29.6 Å². The highest BCUT2D eigenvalue weighted by Gasteiger charge is 2.15. The van der Waals surface area contributed by atoms with Crippen molar-refractivity contribution in [1.29, 1.82) is 0 Å². The molecule has 1 saturated heterocycles. The monoisotopic (exact) mass is 266 g/mol. The van der Waals surface area contributed by atoms with Gasteiger partial charge >= 0.3 is 0 Å². The number of nitrogens with one attached hydrogen (secondary N) is 1. The maximum absolute atomic E-state index is 12.9. The molecule has 0 aliphatic carbocycles. The zero-order valence-corrected chi connectivity index (χ0v) is 11.1. The van der Waals surface area contributed by atoms with Gasteiger partial charge in [-0.05, 0) is 30.7 Å². The number of rotatable bonds is 4. The van der Waals surface area contributed by atoms with Crippen molar-refractivity contribution < 1.29 is 13.9 Å². The minimum atomic E-state index is -0.276. The zero-order valence-electron chi connectivity index (χ0n) is 11.1. The summed E-state index contributed by atoms with van der Waals surface area (Å²) >= 11 is 0. The molecule has 19 heavy (non-hydrogen) atoms. The lowest BCUT2D eigenvalue weighted by molar-refractivity contribution is -0.132. The Morgan fingerprint density at radius 2 is 2.16 bits per heavy atom. The first-order valence-corrected chi connectivity index (χ1v) is 6.54. The van der Waals surface area contributed by atoms with Gasteiger partial charge in [0.15, 0.2) is 0 Å². The van der Waals surface area contributed by atoms with Crippen LogP contribution < -0.4 is 10.1 Å². The van der Waals surface area contributed by atoms with E-state index < -0.39 is 0 Å². The minimum Gasteiger partial charge on any atom is -0.493 e. The van der Waals surface area contributed by atoms with E-state index in [9.17, 15) is 9.18 Å². The van der Waals surface area contributed by atoms with Gasteiger partial charge in [-0.1, -0.05) is 0 Å². The summed E-state index contributed by atoms with van der Waals surface area (Å²) in [5.74, 6) is 0.470. The number of nitrogens with zero attached hydrogens (tertiary/aromatic N) is 1. The Labute approximate surface area is 112 Å². The van der Waals surface area contributed by atoms with Gasteiger partial charge in [0.05, 0.1) is 13.0 Å². The van der Waals surface area contributed by atoms with Crippen LogP contribution in [0.3, 0.4) is 0 Å². The molecule has 1 fully saturated rings. The van der Waals surface area contributed by atoms with Crippen LogP contribution in [0.4, 0.5) is 4.39 Å². The molecule has 2 rings (SSSR count). The quantitative estimate of drug-likeness (QED) is 0.894. The standard InChI is InChI=1S/C14H19FN2O2/c1-11-10-12(15)2-3-13(11)19-9-4-14(18)17-7-5-16-6-8-17/h2-3,10,16H,4-9H2,1H3. The normalized spacial score (nSPS) is 15.4. The van der Waals surface area contributed by atoms with Gasteiger partial charge in [0, 0.05) is 26.2 Å². The number of ether oxygens (including phenoxy) is 1. The molecule has 4 nitrogen and oxygen atoms in total. The number of halogens is 1. The summed E-state index contributed by atoms with van der Waals surface area (Å²) in [7, 11) is 0. The number of carbonyl (C=O) groups excluding carboxylic acids is 1. The van der Waals surface area contributed by atoms with Gasteiger partial charge in [0.2, 0.25) is 5.91 Å². The van der Waals surface area contributed by atoms with E-state index in [2.05, 4.69) is 5.32 Å². The third-order valence-corrected chi connectivity index (χ3v) is 3.18. The second-order valence-corrected chi connectivity index (χ2v) is 4.64. The van der Waals surface area contributed by atoms with Crippen LogP contribution >= 0.6 is 0 Å². The van der Waals surface area contributed by atoms with E-state index >= 15 is 0 Å². The Morgan fingerprint density at radius 1 is 1.42 bits per heavy atom. The van der Waals surface area contributed by atoms with Crippen LogP contribution in [0.15, 0.2) is 18.2 Å². The third-order valence-electron chi connectivity index (χ3n) is 3.18. The molecular weight excluding hydrogens is 247 g/mol. The molecule has 1 N–H and O–H groups in total. The summed E-state index contributed by atoms with van der Waals surface area (Å²) in [4.78, 5) is 13.7. The second-order valence-electron chi connectivity index (χ2n) is 4.64. The number of amides is 1. The summed E-state index contributed by atoms with van der Waals surface area (Å²) in [6.45, 7) is 5.34. The molecule has 0 bridgehead atoms. The average Bonchev–Trinajstić information content (AvgIpc) is 2.42. The van der Waals surface area contributed by atoms with E-state index in [-0.39, 0.29) is 11.7 Å². The average molecular weight is 266 g/mol. The van der Waals surface area contributed by atoms with E-state index in [1.165, 1.54) is 12.1 Å². The number of aryl methyl sites for hydroxylation is 1. The van der Waals surface area contributed by atoms with Gasteiger partial charge in [0.25, 0.3) is 0 Å². The van der Waals surface area contributed by atoms with Crippen molar-refractivity contribution in [2.45, 2.75) is 13.3 Å². The van der Waals surface area contributed by atoms with Crippen LogP contribution in [-0.4, -0.2) is 43.6 Å². The molecule has 1 aromatic rings. The molecule has 1 aliphatic rings. The van der Waals surface area contributed by atoms with Crippen LogP contribution in [-0.2, 0) is 4.79 Å². The molecule has 5 heteroatoms. The van der Waals surface area contributed by atoms with Crippen molar-refractivity contribution in [2.24, 2.45) is 0 Å². The Kier molecular flexibility index (Phi) is 4.74. The van der Waals surface area contributed by atoms with Crippen molar-refractivity contribution in [1.82, 2.24) is 10.2 Å². The molecule has 0 spiro atoms. The first kappa shape index (κ1) is 13.8. The van der Waals surface area contributed by atoms with Gasteiger partial charge < -0.3 is 15.0 Å². The predicted molar refractivity (Wildman–Crippen MR) is 70.7 cm³/mol. The summed E-state index contributed by atoms with van der Waals surface area (Å²) in [6, 6.07) is 4.38. The number of carbonyl (C=O) groups is 1. The van der Waals surface area contributed by atoms with Crippen LogP contribution in [0.25, 0.3) is 0 Å². The van der Waals surface area contributed by atoms with Crippen molar-refractivity contribution in [2.75, 3.05) is 32.8 Å². The number of hydrogen-bond acceptors (Lipinski definition) is 3. The summed E-state index contributed by atoms with van der Waals surface area (Å²) < 4.78 is 18.4. The molecule has 1 aromatic carbocycles. The third kappa shape index (κ3) is 3.92. The number of hydrogen-bond donors (Lipinski definition) is 1. The van der Waals surface area contributed by atoms with Gasteiger partial charge in [-0.15, -0.1) is 0 Å².